The predicted octanol–water partition coefficient (Wildman–Crippen LogP) is 3.48. The Bertz CT molecular complexity index is 728. The molecule has 148 valence electrons. The molecule has 0 amide bonds. The van der Waals surface area contributed by atoms with Gasteiger partial charge in [-0.1, -0.05) is 60.7 Å². The van der Waals surface area contributed by atoms with Gasteiger partial charge in [0, 0.05) is 0 Å². The van der Waals surface area contributed by atoms with Gasteiger partial charge in [-0.3, -0.25) is 0 Å². The van der Waals surface area contributed by atoms with Gasteiger partial charge in [-0.2, -0.15) is 0 Å². The third kappa shape index (κ3) is 4.65. The number of rotatable bonds is 6. The highest BCUT2D eigenvalue weighted by Gasteiger charge is 2.49. The molecule has 2 aromatic rings. The Kier molecular flexibility index (Phi) is 6.45. The van der Waals surface area contributed by atoms with Crippen LogP contribution in [0.25, 0.3) is 0 Å². The average molecular weight is 382 g/mol. The van der Waals surface area contributed by atoms with Crippen LogP contribution in [0, 0.1) is 0 Å². The molecular formula is C22H27BO5. The first kappa shape index (κ1) is 19.6. The Morgan fingerprint density at radius 1 is 0.893 bits per heavy atom. The van der Waals surface area contributed by atoms with Gasteiger partial charge in [0.05, 0.1) is 32.0 Å². The molecule has 5 nitrogen and oxygen atoms in total. The van der Waals surface area contributed by atoms with Crippen molar-refractivity contribution >= 4 is 7.12 Å². The molecule has 2 fully saturated rings. The Morgan fingerprint density at radius 3 is 2.07 bits per heavy atom. The van der Waals surface area contributed by atoms with Crippen LogP contribution >= 0.6 is 0 Å². The van der Waals surface area contributed by atoms with Gasteiger partial charge in [0.1, 0.15) is 18.3 Å². The lowest BCUT2D eigenvalue weighted by molar-refractivity contribution is -0.259. The van der Waals surface area contributed by atoms with Gasteiger partial charge in [-0.15, -0.1) is 0 Å². The van der Waals surface area contributed by atoms with Gasteiger partial charge in [0.25, 0.3) is 0 Å². The molecular weight excluding hydrogens is 355 g/mol. The molecule has 2 unspecified atom stereocenters. The third-order valence-electron chi connectivity index (χ3n) is 5.28. The topological polar surface area (TPSA) is 46.2 Å². The predicted molar refractivity (Wildman–Crippen MR) is 107 cm³/mol. The summed E-state index contributed by atoms with van der Waals surface area (Å²) in [6.07, 6.45) is -0.946. The number of ether oxygens (including phenoxy) is 3. The van der Waals surface area contributed by atoms with Crippen molar-refractivity contribution in [1.29, 1.82) is 0 Å². The van der Waals surface area contributed by atoms with E-state index in [0.29, 0.717) is 19.8 Å². The fraction of sp³-hybridized carbons (Fsp3) is 0.455. The van der Waals surface area contributed by atoms with Crippen LogP contribution in [0.5, 0.6) is 0 Å². The molecule has 0 radical (unpaired) electrons. The average Bonchev–Trinajstić information content (AvgIpc) is 2.73. The van der Waals surface area contributed by atoms with Crippen LogP contribution in [0.1, 0.15) is 18.1 Å². The van der Waals surface area contributed by atoms with Crippen LogP contribution in [0.4, 0.5) is 0 Å². The van der Waals surface area contributed by atoms with Crippen molar-refractivity contribution in [3.63, 3.8) is 0 Å². The van der Waals surface area contributed by atoms with Crippen LogP contribution in [-0.2, 0) is 36.7 Å². The van der Waals surface area contributed by atoms with E-state index in [2.05, 4.69) is 24.3 Å². The smallest absolute Gasteiger partial charge is 0.408 e. The standard InChI is InChI=1S/C22H27BO5/c1-16-20(24-13-17-9-5-3-6-10-17)22(25-14-18-11-7-4-8-12-18)21-19(27-16)15-26-23(2)28-21/h3-12,16,19-22H,13-15H2,1-2H3/t16-,19?,20?,21+,22-/m0/s1. The van der Waals surface area contributed by atoms with Crippen LogP contribution in [-0.4, -0.2) is 44.2 Å². The highest BCUT2D eigenvalue weighted by molar-refractivity contribution is 6.42. The molecule has 0 aromatic heterocycles. The first-order chi connectivity index (χ1) is 13.7. The lowest BCUT2D eigenvalue weighted by Crippen LogP contribution is -2.63. The Hall–Kier alpha value is -1.70. The van der Waals surface area contributed by atoms with Gasteiger partial charge in [-0.25, -0.2) is 0 Å². The minimum atomic E-state index is -0.282. The molecule has 0 spiro atoms. The minimum Gasteiger partial charge on any atom is -0.408 e. The SMILES string of the molecule is CB1OCC2O[C@@H](C)C(OCc3ccccc3)[C@H](OCc3ccccc3)[C@@H]2O1. The summed E-state index contributed by atoms with van der Waals surface area (Å²) >= 11 is 0. The summed E-state index contributed by atoms with van der Waals surface area (Å²) in [5.74, 6) is 0. The maximum Gasteiger partial charge on any atom is 0.454 e. The molecule has 4 rings (SSSR count). The van der Waals surface area contributed by atoms with Crippen molar-refractivity contribution in [2.45, 2.75) is 57.5 Å². The molecule has 2 heterocycles. The second-order valence-electron chi connectivity index (χ2n) is 7.40. The Labute approximate surface area is 167 Å². The van der Waals surface area contributed by atoms with Gasteiger partial charge < -0.3 is 23.5 Å². The van der Waals surface area contributed by atoms with E-state index in [1.807, 2.05) is 50.1 Å². The molecule has 5 atom stereocenters. The van der Waals surface area contributed by atoms with Crippen molar-refractivity contribution in [2.75, 3.05) is 6.61 Å². The van der Waals surface area contributed by atoms with Crippen LogP contribution in [0.3, 0.4) is 0 Å². The molecule has 2 saturated heterocycles. The normalized spacial score (nSPS) is 30.1. The van der Waals surface area contributed by atoms with Crippen molar-refractivity contribution in [3.05, 3.63) is 71.8 Å². The zero-order valence-electron chi connectivity index (χ0n) is 16.4. The third-order valence-corrected chi connectivity index (χ3v) is 5.28. The van der Waals surface area contributed by atoms with E-state index < -0.39 is 0 Å². The molecule has 28 heavy (non-hydrogen) atoms. The van der Waals surface area contributed by atoms with E-state index in [1.165, 1.54) is 0 Å². The van der Waals surface area contributed by atoms with Crippen LogP contribution < -0.4 is 0 Å². The Morgan fingerprint density at radius 2 is 1.46 bits per heavy atom. The summed E-state index contributed by atoms with van der Waals surface area (Å²) in [7, 11) is -0.282. The molecule has 0 aliphatic carbocycles. The summed E-state index contributed by atoms with van der Waals surface area (Å²) in [5, 5.41) is 0. The van der Waals surface area contributed by atoms with E-state index in [9.17, 15) is 0 Å². The summed E-state index contributed by atoms with van der Waals surface area (Å²) in [5.41, 5.74) is 2.25. The van der Waals surface area contributed by atoms with Gasteiger partial charge in [-0.05, 0) is 24.9 Å². The highest BCUT2D eigenvalue weighted by atomic mass is 16.7. The summed E-state index contributed by atoms with van der Waals surface area (Å²) in [6, 6.07) is 20.3. The van der Waals surface area contributed by atoms with Crippen molar-refractivity contribution in [1.82, 2.24) is 0 Å². The van der Waals surface area contributed by atoms with E-state index >= 15 is 0 Å². The molecule has 2 aliphatic rings. The van der Waals surface area contributed by atoms with E-state index in [1.54, 1.807) is 0 Å². The van der Waals surface area contributed by atoms with Crippen molar-refractivity contribution in [3.8, 4) is 0 Å². The molecule has 6 heteroatoms. The first-order valence-electron chi connectivity index (χ1n) is 9.94. The number of hydrogen-bond acceptors (Lipinski definition) is 5. The van der Waals surface area contributed by atoms with Crippen LogP contribution in [0.15, 0.2) is 60.7 Å². The fourth-order valence-corrected chi connectivity index (χ4v) is 3.84. The second-order valence-corrected chi connectivity index (χ2v) is 7.40. The summed E-state index contributed by atoms with van der Waals surface area (Å²) < 4.78 is 30.5. The van der Waals surface area contributed by atoms with Gasteiger partial charge in [0.2, 0.25) is 0 Å². The lowest BCUT2D eigenvalue weighted by Gasteiger charge is -2.48. The van der Waals surface area contributed by atoms with Crippen molar-refractivity contribution in [2.24, 2.45) is 0 Å². The zero-order chi connectivity index (χ0) is 19.3. The highest BCUT2D eigenvalue weighted by Crippen LogP contribution is 2.32. The van der Waals surface area contributed by atoms with E-state index in [4.69, 9.17) is 23.5 Å². The van der Waals surface area contributed by atoms with Gasteiger partial charge in [0.15, 0.2) is 0 Å². The Balaban J connectivity index is 1.50. The minimum absolute atomic E-state index is 0.119. The largest absolute Gasteiger partial charge is 0.454 e. The van der Waals surface area contributed by atoms with Crippen molar-refractivity contribution < 1.29 is 23.5 Å². The molecule has 0 N–H and O–H groups in total. The maximum atomic E-state index is 6.37. The second kappa shape index (κ2) is 9.20. The van der Waals surface area contributed by atoms with Gasteiger partial charge >= 0.3 is 7.12 Å². The molecule has 0 bridgehead atoms. The quantitative estimate of drug-likeness (QED) is 0.716. The summed E-state index contributed by atoms with van der Waals surface area (Å²) in [4.78, 5) is 0. The number of fused-ring (bicyclic) bond motifs is 1. The lowest BCUT2D eigenvalue weighted by atomic mass is 9.86. The number of benzene rings is 2. The zero-order valence-corrected chi connectivity index (χ0v) is 16.4. The number of hydrogen-bond donors (Lipinski definition) is 0. The molecule has 2 aliphatic heterocycles. The first-order valence-corrected chi connectivity index (χ1v) is 9.94. The summed E-state index contributed by atoms with van der Waals surface area (Å²) in [6.45, 7) is 5.46. The molecule has 0 saturated carbocycles. The maximum absolute atomic E-state index is 6.37. The monoisotopic (exact) mass is 382 g/mol. The van der Waals surface area contributed by atoms with E-state index in [-0.39, 0.29) is 37.6 Å². The fourth-order valence-electron chi connectivity index (χ4n) is 3.84. The van der Waals surface area contributed by atoms with Crippen LogP contribution in [0.2, 0.25) is 6.82 Å². The molecule has 2 aromatic carbocycles. The van der Waals surface area contributed by atoms with E-state index in [0.717, 1.165) is 11.1 Å².